The van der Waals surface area contributed by atoms with Crippen LogP contribution >= 0.6 is 0 Å². The van der Waals surface area contributed by atoms with Gasteiger partial charge in [-0.3, -0.25) is 14.9 Å². The number of anilines is 1. The molecule has 1 atom stereocenters. The van der Waals surface area contributed by atoms with Crippen LogP contribution in [0.1, 0.15) is 22.1 Å². The number of hydrogen-bond donors (Lipinski definition) is 1. The normalized spacial score (nSPS) is 16.4. The number of hydrogen-bond acceptors (Lipinski definition) is 4. The Kier molecular flexibility index (Phi) is 3.80. The van der Waals surface area contributed by atoms with Crippen molar-refractivity contribution in [2.45, 2.75) is 6.17 Å². The highest BCUT2D eigenvalue weighted by atomic mass is 16.6. The third-order valence-corrected chi connectivity index (χ3v) is 3.77. The number of carbonyl (C=O) groups excluding carboxylic acids is 1. The fourth-order valence-electron chi connectivity index (χ4n) is 2.66. The van der Waals surface area contributed by atoms with Gasteiger partial charge in [-0.05, 0) is 29.8 Å². The Morgan fingerprint density at radius 2 is 1.91 bits per heavy atom. The van der Waals surface area contributed by atoms with Crippen LogP contribution in [0.2, 0.25) is 0 Å². The Balaban J connectivity index is 2.01. The first kappa shape index (κ1) is 14.8. The highest BCUT2D eigenvalue weighted by Crippen LogP contribution is 2.33. The second kappa shape index (κ2) is 5.92. The lowest BCUT2D eigenvalue weighted by atomic mass is 10.0. The number of carbonyl (C=O) groups is 1. The van der Waals surface area contributed by atoms with Crippen molar-refractivity contribution in [3.63, 3.8) is 0 Å². The van der Waals surface area contributed by atoms with E-state index in [1.165, 1.54) is 12.1 Å². The molecule has 1 amide bonds. The Hall–Kier alpha value is -3.15. The molecule has 3 rings (SSSR count). The summed E-state index contributed by atoms with van der Waals surface area (Å²) in [6.07, 6.45) is 1.27. The van der Waals surface area contributed by atoms with E-state index >= 15 is 0 Å². The van der Waals surface area contributed by atoms with Crippen LogP contribution in [0.25, 0.3) is 0 Å². The summed E-state index contributed by atoms with van der Waals surface area (Å²) < 4.78 is 0. The number of rotatable bonds is 4. The van der Waals surface area contributed by atoms with Crippen molar-refractivity contribution in [1.82, 2.24) is 4.90 Å². The monoisotopic (exact) mass is 309 g/mol. The van der Waals surface area contributed by atoms with Crippen molar-refractivity contribution in [3.05, 3.63) is 82.4 Å². The Morgan fingerprint density at radius 1 is 1.22 bits per heavy atom. The fourth-order valence-corrected chi connectivity index (χ4v) is 2.66. The summed E-state index contributed by atoms with van der Waals surface area (Å²) in [5, 5.41) is 14.1. The van der Waals surface area contributed by atoms with Crippen LogP contribution in [0.5, 0.6) is 0 Å². The highest BCUT2D eigenvalue weighted by Gasteiger charge is 2.32. The van der Waals surface area contributed by atoms with E-state index < -0.39 is 11.1 Å². The van der Waals surface area contributed by atoms with Crippen LogP contribution in [-0.2, 0) is 0 Å². The van der Waals surface area contributed by atoms with Crippen LogP contribution in [0.4, 0.5) is 11.4 Å². The fraction of sp³-hybridized carbons (Fsp3) is 0.118. The molecular weight excluding hydrogens is 294 g/mol. The predicted molar refractivity (Wildman–Crippen MR) is 87.1 cm³/mol. The minimum Gasteiger partial charge on any atom is -0.361 e. The van der Waals surface area contributed by atoms with Gasteiger partial charge in [-0.2, -0.15) is 0 Å². The number of nitro benzene ring substituents is 1. The standard InChI is InChI=1S/C17H15N3O3/c1-2-11-19-16(12-7-9-13(10-8-12)20(22)23)18-15-6-4-3-5-14(15)17(19)21/h2-10,16,18H,1,11H2. The summed E-state index contributed by atoms with van der Waals surface area (Å²) in [5.74, 6) is -0.0948. The van der Waals surface area contributed by atoms with Gasteiger partial charge in [-0.1, -0.05) is 18.2 Å². The molecule has 0 saturated heterocycles. The lowest BCUT2D eigenvalue weighted by molar-refractivity contribution is -0.384. The number of nitrogens with zero attached hydrogens (tertiary/aromatic N) is 2. The molecule has 1 aliphatic rings. The molecule has 0 spiro atoms. The lowest BCUT2D eigenvalue weighted by Crippen LogP contribution is -2.42. The lowest BCUT2D eigenvalue weighted by Gasteiger charge is -2.37. The number of amides is 1. The van der Waals surface area contributed by atoms with E-state index in [2.05, 4.69) is 11.9 Å². The summed E-state index contributed by atoms with van der Waals surface area (Å²) in [4.78, 5) is 24.7. The predicted octanol–water partition coefficient (Wildman–Crippen LogP) is 3.35. The van der Waals surface area contributed by atoms with E-state index in [1.54, 1.807) is 29.2 Å². The van der Waals surface area contributed by atoms with Crippen molar-refractivity contribution < 1.29 is 9.72 Å². The second-order valence-corrected chi connectivity index (χ2v) is 5.19. The number of benzene rings is 2. The molecule has 1 heterocycles. The maximum Gasteiger partial charge on any atom is 0.269 e. The Labute approximate surface area is 133 Å². The smallest absolute Gasteiger partial charge is 0.269 e. The van der Waals surface area contributed by atoms with E-state index in [4.69, 9.17) is 0 Å². The van der Waals surface area contributed by atoms with Crippen molar-refractivity contribution >= 4 is 17.3 Å². The minimum absolute atomic E-state index is 0.0200. The molecular formula is C17H15N3O3. The molecule has 6 nitrogen and oxygen atoms in total. The van der Waals surface area contributed by atoms with Crippen molar-refractivity contribution in [2.75, 3.05) is 11.9 Å². The van der Waals surface area contributed by atoms with E-state index in [0.29, 0.717) is 12.1 Å². The molecule has 1 N–H and O–H groups in total. The highest BCUT2D eigenvalue weighted by molar-refractivity contribution is 6.01. The van der Waals surface area contributed by atoms with Gasteiger partial charge >= 0.3 is 0 Å². The van der Waals surface area contributed by atoms with Gasteiger partial charge in [0, 0.05) is 24.4 Å². The first-order valence-corrected chi connectivity index (χ1v) is 7.13. The first-order chi connectivity index (χ1) is 11.1. The summed E-state index contributed by atoms with van der Waals surface area (Å²) in [7, 11) is 0. The van der Waals surface area contributed by atoms with E-state index in [1.807, 2.05) is 18.2 Å². The van der Waals surface area contributed by atoms with Crippen LogP contribution in [0.15, 0.2) is 61.2 Å². The second-order valence-electron chi connectivity index (χ2n) is 5.19. The molecule has 0 radical (unpaired) electrons. The zero-order valence-corrected chi connectivity index (χ0v) is 12.3. The van der Waals surface area contributed by atoms with Gasteiger partial charge in [0.1, 0.15) is 6.17 Å². The average Bonchev–Trinajstić information content (AvgIpc) is 2.57. The van der Waals surface area contributed by atoms with Crippen LogP contribution < -0.4 is 5.32 Å². The maximum absolute atomic E-state index is 12.7. The number of nitro groups is 1. The van der Waals surface area contributed by atoms with Crippen LogP contribution in [0, 0.1) is 10.1 Å². The largest absolute Gasteiger partial charge is 0.361 e. The van der Waals surface area contributed by atoms with E-state index in [9.17, 15) is 14.9 Å². The van der Waals surface area contributed by atoms with Gasteiger partial charge in [0.2, 0.25) is 0 Å². The average molecular weight is 309 g/mol. The SMILES string of the molecule is C=CCN1C(=O)c2ccccc2NC1c1ccc([N+](=O)[O-])cc1. The molecule has 0 aliphatic carbocycles. The summed E-state index contributed by atoms with van der Waals surface area (Å²) in [6, 6.07) is 13.5. The molecule has 2 aromatic carbocycles. The zero-order valence-electron chi connectivity index (χ0n) is 12.3. The first-order valence-electron chi connectivity index (χ1n) is 7.13. The third-order valence-electron chi connectivity index (χ3n) is 3.77. The minimum atomic E-state index is -0.444. The van der Waals surface area contributed by atoms with Gasteiger partial charge < -0.3 is 10.2 Å². The summed E-state index contributed by atoms with van der Waals surface area (Å²) in [5.41, 5.74) is 2.15. The Bertz CT molecular complexity index is 771. The van der Waals surface area contributed by atoms with Crippen LogP contribution in [0.3, 0.4) is 0 Å². The molecule has 116 valence electrons. The van der Waals surface area contributed by atoms with Crippen molar-refractivity contribution in [3.8, 4) is 0 Å². The van der Waals surface area contributed by atoms with Gasteiger partial charge in [-0.25, -0.2) is 0 Å². The molecule has 1 aliphatic heterocycles. The number of fused-ring (bicyclic) bond motifs is 1. The molecule has 2 aromatic rings. The van der Waals surface area contributed by atoms with E-state index in [-0.39, 0.29) is 11.6 Å². The number of non-ortho nitro benzene ring substituents is 1. The maximum atomic E-state index is 12.7. The quantitative estimate of drug-likeness (QED) is 0.534. The molecule has 0 saturated carbocycles. The molecule has 1 unspecified atom stereocenters. The summed E-state index contributed by atoms with van der Waals surface area (Å²) in [6.45, 7) is 4.08. The van der Waals surface area contributed by atoms with Crippen molar-refractivity contribution in [1.29, 1.82) is 0 Å². The topological polar surface area (TPSA) is 75.5 Å². The Morgan fingerprint density at radius 3 is 2.57 bits per heavy atom. The molecule has 6 heteroatoms. The summed E-state index contributed by atoms with van der Waals surface area (Å²) >= 11 is 0. The van der Waals surface area contributed by atoms with Gasteiger partial charge in [0.05, 0.1) is 10.5 Å². The molecule has 0 aromatic heterocycles. The van der Waals surface area contributed by atoms with Gasteiger partial charge in [-0.15, -0.1) is 6.58 Å². The number of nitrogens with one attached hydrogen (secondary N) is 1. The van der Waals surface area contributed by atoms with Crippen LogP contribution in [-0.4, -0.2) is 22.3 Å². The molecule has 0 bridgehead atoms. The van der Waals surface area contributed by atoms with Gasteiger partial charge in [0.15, 0.2) is 0 Å². The zero-order chi connectivity index (χ0) is 16.4. The van der Waals surface area contributed by atoms with Gasteiger partial charge in [0.25, 0.3) is 11.6 Å². The molecule has 0 fully saturated rings. The third kappa shape index (κ3) is 2.66. The number of para-hydroxylation sites is 1. The van der Waals surface area contributed by atoms with E-state index in [0.717, 1.165) is 11.3 Å². The molecule has 23 heavy (non-hydrogen) atoms. The van der Waals surface area contributed by atoms with Crippen molar-refractivity contribution in [2.24, 2.45) is 0 Å².